The van der Waals surface area contributed by atoms with Crippen LogP contribution >= 0.6 is 0 Å². The highest BCUT2D eigenvalue weighted by atomic mass is 16.5. The van der Waals surface area contributed by atoms with Gasteiger partial charge in [-0.05, 0) is 12.2 Å². The Kier molecular flexibility index (Phi) is 5.22. The number of ether oxygens (including phenoxy) is 1. The third-order valence-electron chi connectivity index (χ3n) is 2.42. The summed E-state index contributed by atoms with van der Waals surface area (Å²) in [5, 5.41) is 0. The average Bonchev–Trinajstić information content (AvgIpc) is 2.52. The Morgan fingerprint density at radius 1 is 1.15 bits per heavy atom. The van der Waals surface area contributed by atoms with Crippen LogP contribution in [0, 0.1) is 0 Å². The minimum Gasteiger partial charge on any atom is -0.486 e. The topological polar surface area (TPSA) is 47.4 Å². The van der Waals surface area contributed by atoms with Crippen LogP contribution in [0.3, 0.4) is 0 Å². The van der Waals surface area contributed by atoms with Crippen LogP contribution in [-0.4, -0.2) is 22.8 Å². The fraction of sp³-hybridized carbons (Fsp3) is 0.0625. The summed E-state index contributed by atoms with van der Waals surface area (Å²) in [5.74, 6) is 1.32. The maximum absolute atomic E-state index is 5.48. The molecule has 2 rings (SSSR count). The highest BCUT2D eigenvalue weighted by molar-refractivity contribution is 5.71. The second-order valence-corrected chi connectivity index (χ2v) is 3.83. The number of hydrogen-bond donors (Lipinski definition) is 0. The lowest BCUT2D eigenvalue weighted by molar-refractivity contribution is 0.360. The number of nitrogens with zero attached hydrogens (tertiary/aromatic N) is 3. The van der Waals surface area contributed by atoms with E-state index < -0.39 is 0 Å². The standard InChI is InChI=1S/C16H15N3O/c1-2-17-10-6-7-11-20-15-12-18-16(19-13-15)14-8-4-3-5-9-14/h2-10,12-13H,1,11H2/b7-6+,17-10?. The van der Waals surface area contributed by atoms with Crippen LogP contribution < -0.4 is 4.74 Å². The van der Waals surface area contributed by atoms with Crippen molar-refractivity contribution >= 4 is 6.21 Å². The lowest BCUT2D eigenvalue weighted by Gasteiger charge is -2.03. The summed E-state index contributed by atoms with van der Waals surface area (Å²) in [4.78, 5) is 12.4. The molecule has 20 heavy (non-hydrogen) atoms. The molecule has 1 aromatic carbocycles. The smallest absolute Gasteiger partial charge is 0.159 e. The molecule has 0 N–H and O–H groups in total. The fourth-order valence-electron chi connectivity index (χ4n) is 1.50. The van der Waals surface area contributed by atoms with Crippen LogP contribution in [0.1, 0.15) is 0 Å². The Labute approximate surface area is 118 Å². The second kappa shape index (κ2) is 7.63. The molecule has 0 saturated heterocycles. The maximum Gasteiger partial charge on any atom is 0.159 e. The first-order valence-corrected chi connectivity index (χ1v) is 6.19. The van der Waals surface area contributed by atoms with E-state index in [0.29, 0.717) is 18.2 Å². The third-order valence-corrected chi connectivity index (χ3v) is 2.42. The molecule has 0 aliphatic rings. The van der Waals surface area contributed by atoms with Crippen molar-refractivity contribution in [3.8, 4) is 17.1 Å². The lowest BCUT2D eigenvalue weighted by atomic mass is 10.2. The Morgan fingerprint density at radius 3 is 2.60 bits per heavy atom. The summed E-state index contributed by atoms with van der Waals surface area (Å²) < 4.78 is 5.48. The Bertz CT molecular complexity index is 589. The second-order valence-electron chi connectivity index (χ2n) is 3.83. The molecule has 0 aliphatic heterocycles. The largest absolute Gasteiger partial charge is 0.486 e. The summed E-state index contributed by atoms with van der Waals surface area (Å²) in [6.45, 7) is 3.92. The first kappa shape index (κ1) is 13.7. The van der Waals surface area contributed by atoms with E-state index >= 15 is 0 Å². The molecule has 0 fully saturated rings. The van der Waals surface area contributed by atoms with E-state index in [1.54, 1.807) is 24.7 Å². The zero-order valence-corrected chi connectivity index (χ0v) is 11.0. The zero-order valence-electron chi connectivity index (χ0n) is 11.0. The SMILES string of the molecule is C=CN=C/C=C/COc1cnc(-c2ccccc2)nc1. The first-order chi connectivity index (χ1) is 9.90. The van der Waals surface area contributed by atoms with Crippen LogP contribution in [0.2, 0.25) is 0 Å². The van der Waals surface area contributed by atoms with Crippen LogP contribution in [0.25, 0.3) is 11.4 Å². The van der Waals surface area contributed by atoms with Gasteiger partial charge in [0.1, 0.15) is 6.61 Å². The maximum atomic E-state index is 5.48. The summed E-state index contributed by atoms with van der Waals surface area (Å²) in [6.07, 6.45) is 10.1. The van der Waals surface area contributed by atoms with Gasteiger partial charge in [-0.3, -0.25) is 4.99 Å². The molecule has 0 atom stereocenters. The van der Waals surface area contributed by atoms with Crippen molar-refractivity contribution < 1.29 is 4.74 Å². The van der Waals surface area contributed by atoms with E-state index in [9.17, 15) is 0 Å². The van der Waals surface area contributed by atoms with Gasteiger partial charge in [0.25, 0.3) is 0 Å². The molecule has 2 aromatic rings. The molecule has 4 nitrogen and oxygen atoms in total. The molecule has 0 bridgehead atoms. The van der Waals surface area contributed by atoms with Crippen molar-refractivity contribution in [3.05, 3.63) is 67.7 Å². The van der Waals surface area contributed by atoms with Crippen molar-refractivity contribution in [1.29, 1.82) is 0 Å². The van der Waals surface area contributed by atoms with Crippen molar-refractivity contribution in [2.75, 3.05) is 6.61 Å². The third kappa shape index (κ3) is 4.17. The van der Waals surface area contributed by atoms with Gasteiger partial charge in [0.2, 0.25) is 0 Å². The van der Waals surface area contributed by atoms with Crippen LogP contribution in [0.15, 0.2) is 72.6 Å². The number of aromatic nitrogens is 2. The molecule has 0 amide bonds. The van der Waals surface area contributed by atoms with Crippen LogP contribution in [0.5, 0.6) is 5.75 Å². The van der Waals surface area contributed by atoms with Gasteiger partial charge in [-0.25, -0.2) is 9.97 Å². The minimum absolute atomic E-state index is 0.442. The molecule has 100 valence electrons. The minimum atomic E-state index is 0.442. The Balaban J connectivity index is 1.90. The number of aliphatic imine (C=N–C) groups is 1. The van der Waals surface area contributed by atoms with Gasteiger partial charge in [0, 0.05) is 18.0 Å². The summed E-state index contributed by atoms with van der Waals surface area (Å²) in [7, 11) is 0. The average molecular weight is 265 g/mol. The van der Waals surface area contributed by atoms with Gasteiger partial charge >= 0.3 is 0 Å². The van der Waals surface area contributed by atoms with E-state index in [1.165, 1.54) is 6.20 Å². The predicted octanol–water partition coefficient (Wildman–Crippen LogP) is 3.29. The molecule has 0 unspecified atom stereocenters. The van der Waals surface area contributed by atoms with Gasteiger partial charge in [-0.15, -0.1) is 0 Å². The number of rotatable bonds is 6. The van der Waals surface area contributed by atoms with E-state index in [0.717, 1.165) is 5.56 Å². The van der Waals surface area contributed by atoms with E-state index in [2.05, 4.69) is 21.5 Å². The zero-order chi connectivity index (χ0) is 14.0. The number of allylic oxidation sites excluding steroid dienone is 1. The highest BCUT2D eigenvalue weighted by Gasteiger charge is 2.00. The Morgan fingerprint density at radius 2 is 1.90 bits per heavy atom. The van der Waals surface area contributed by atoms with Gasteiger partial charge < -0.3 is 4.74 Å². The normalized spacial score (nSPS) is 11.0. The van der Waals surface area contributed by atoms with Gasteiger partial charge in [0.15, 0.2) is 11.6 Å². The highest BCUT2D eigenvalue weighted by Crippen LogP contribution is 2.15. The van der Waals surface area contributed by atoms with Crippen molar-refractivity contribution in [1.82, 2.24) is 9.97 Å². The predicted molar refractivity (Wildman–Crippen MR) is 80.8 cm³/mol. The van der Waals surface area contributed by atoms with Crippen molar-refractivity contribution in [2.45, 2.75) is 0 Å². The summed E-state index contributed by atoms with van der Waals surface area (Å²) in [6, 6.07) is 9.81. The summed E-state index contributed by atoms with van der Waals surface area (Å²) >= 11 is 0. The summed E-state index contributed by atoms with van der Waals surface area (Å²) in [5.41, 5.74) is 0.986. The van der Waals surface area contributed by atoms with Crippen LogP contribution in [-0.2, 0) is 0 Å². The lowest BCUT2D eigenvalue weighted by Crippen LogP contribution is -1.96. The Hall–Kier alpha value is -2.75. The quantitative estimate of drug-likeness (QED) is 0.753. The molecular weight excluding hydrogens is 250 g/mol. The van der Waals surface area contributed by atoms with E-state index in [-0.39, 0.29) is 0 Å². The molecule has 1 heterocycles. The molecule has 0 spiro atoms. The van der Waals surface area contributed by atoms with Crippen molar-refractivity contribution in [2.24, 2.45) is 4.99 Å². The molecule has 0 aliphatic carbocycles. The number of benzene rings is 1. The van der Waals surface area contributed by atoms with Crippen LogP contribution in [0.4, 0.5) is 0 Å². The monoisotopic (exact) mass is 265 g/mol. The van der Waals surface area contributed by atoms with E-state index in [4.69, 9.17) is 4.74 Å². The number of hydrogen-bond acceptors (Lipinski definition) is 4. The first-order valence-electron chi connectivity index (χ1n) is 6.19. The van der Waals surface area contributed by atoms with Gasteiger partial charge in [0.05, 0.1) is 12.4 Å². The molecule has 4 heteroatoms. The molecular formula is C16H15N3O. The van der Waals surface area contributed by atoms with E-state index in [1.807, 2.05) is 36.4 Å². The van der Waals surface area contributed by atoms with Crippen molar-refractivity contribution in [3.63, 3.8) is 0 Å². The molecule has 0 saturated carbocycles. The fourth-order valence-corrected chi connectivity index (χ4v) is 1.50. The van der Waals surface area contributed by atoms with Gasteiger partial charge in [-0.1, -0.05) is 36.9 Å². The molecule has 0 radical (unpaired) electrons. The van der Waals surface area contributed by atoms with Gasteiger partial charge in [-0.2, -0.15) is 0 Å². The molecule has 1 aromatic heterocycles.